The Kier molecular flexibility index (Phi) is 9.86. The van der Waals surface area contributed by atoms with Crippen molar-refractivity contribution in [3.63, 3.8) is 0 Å². The molecule has 10 nitrogen and oxygen atoms in total. The van der Waals surface area contributed by atoms with Crippen LogP contribution in [0.1, 0.15) is 58.8 Å². The minimum Gasteiger partial charge on any atom is -0.443 e. The maximum absolute atomic E-state index is 13.4. The van der Waals surface area contributed by atoms with Crippen LogP contribution in [-0.4, -0.2) is 39.6 Å². The Hall–Kier alpha value is -3.15. The number of thioether (sulfide) groups is 1. The fraction of sp³-hybridized carbons (Fsp3) is 0.407. The smallest absolute Gasteiger partial charge is 0.429 e. The molecule has 0 aromatic heterocycles. The highest BCUT2D eigenvalue weighted by molar-refractivity contribution is 8.15. The molecule has 0 radical (unpaired) electrons. The molecule has 4 N–H and O–H groups in total. The molecule has 1 saturated heterocycles. The Balaban J connectivity index is 1.71. The van der Waals surface area contributed by atoms with E-state index in [9.17, 15) is 14.4 Å². The summed E-state index contributed by atoms with van der Waals surface area (Å²) in [5, 5.41) is 4.93. The van der Waals surface area contributed by atoms with Gasteiger partial charge in [0.1, 0.15) is 12.7 Å². The van der Waals surface area contributed by atoms with Crippen LogP contribution in [0.2, 0.25) is 10.0 Å². The van der Waals surface area contributed by atoms with E-state index in [0.29, 0.717) is 37.7 Å². The maximum atomic E-state index is 13.4. The lowest BCUT2D eigenvalue weighted by Crippen LogP contribution is -2.56. The minimum absolute atomic E-state index is 0.123. The Labute approximate surface area is 247 Å². The summed E-state index contributed by atoms with van der Waals surface area (Å²) < 4.78 is 11.3. The molecule has 216 valence electrons. The summed E-state index contributed by atoms with van der Waals surface area (Å²) in [6, 6.07) is 10.0. The van der Waals surface area contributed by atoms with E-state index in [0.717, 1.165) is 5.01 Å². The summed E-state index contributed by atoms with van der Waals surface area (Å²) >= 11 is 13.6. The van der Waals surface area contributed by atoms with E-state index in [1.54, 1.807) is 57.2 Å². The zero-order valence-electron chi connectivity index (χ0n) is 23.1. The lowest BCUT2D eigenvalue weighted by molar-refractivity contribution is -0.116. The van der Waals surface area contributed by atoms with Crippen molar-refractivity contribution in [2.75, 3.05) is 11.5 Å². The zero-order valence-corrected chi connectivity index (χ0v) is 25.5. The van der Waals surface area contributed by atoms with Gasteiger partial charge in [-0.05, 0) is 56.2 Å². The van der Waals surface area contributed by atoms with Crippen molar-refractivity contribution >= 4 is 69.6 Å². The van der Waals surface area contributed by atoms with Crippen molar-refractivity contribution in [3.05, 3.63) is 57.6 Å². The SMILES string of the molecule is CC(C)(C)C(OC(=O)N(NC(=O)OCc1ccc(Cl)c(N=C2NC(=O)CS2)c1)C(C)(C)C)c1ccc(Cl)c(N)c1. The molecule has 0 bridgehead atoms. The molecule has 0 spiro atoms. The van der Waals surface area contributed by atoms with Gasteiger partial charge in [-0.3, -0.25) is 4.79 Å². The van der Waals surface area contributed by atoms with Gasteiger partial charge in [0.25, 0.3) is 0 Å². The Bertz CT molecular complexity index is 1320. The topological polar surface area (TPSA) is 135 Å². The number of nitrogen functional groups attached to an aromatic ring is 1. The fourth-order valence-corrected chi connectivity index (χ4v) is 4.58. The van der Waals surface area contributed by atoms with Crippen molar-refractivity contribution < 1.29 is 23.9 Å². The van der Waals surface area contributed by atoms with E-state index in [1.165, 1.54) is 11.8 Å². The van der Waals surface area contributed by atoms with Crippen LogP contribution in [0.4, 0.5) is 21.0 Å². The number of aliphatic imine (C=N–C) groups is 1. The van der Waals surface area contributed by atoms with Gasteiger partial charge < -0.3 is 20.5 Å². The first-order valence-corrected chi connectivity index (χ1v) is 14.1. The molecule has 13 heteroatoms. The van der Waals surface area contributed by atoms with Crippen molar-refractivity contribution in [2.24, 2.45) is 10.4 Å². The molecule has 2 aromatic carbocycles. The van der Waals surface area contributed by atoms with Gasteiger partial charge in [0, 0.05) is 5.41 Å². The monoisotopic (exact) mass is 609 g/mol. The first kappa shape index (κ1) is 31.4. The van der Waals surface area contributed by atoms with Gasteiger partial charge >= 0.3 is 12.2 Å². The summed E-state index contributed by atoms with van der Waals surface area (Å²) in [6.45, 7) is 10.9. The number of amides is 3. The van der Waals surface area contributed by atoms with Gasteiger partial charge in [0.15, 0.2) is 5.17 Å². The number of hydrogen-bond donors (Lipinski definition) is 3. The van der Waals surface area contributed by atoms with Crippen LogP contribution in [0.15, 0.2) is 41.4 Å². The van der Waals surface area contributed by atoms with E-state index in [2.05, 4.69) is 15.7 Å². The molecule has 1 fully saturated rings. The van der Waals surface area contributed by atoms with E-state index in [-0.39, 0.29) is 18.3 Å². The number of amidine groups is 1. The maximum Gasteiger partial charge on any atom is 0.429 e. The number of halogens is 2. The van der Waals surface area contributed by atoms with E-state index in [1.807, 2.05) is 20.8 Å². The molecule has 40 heavy (non-hydrogen) atoms. The number of nitrogens with one attached hydrogen (secondary N) is 2. The molecule has 1 unspecified atom stereocenters. The second-order valence-corrected chi connectivity index (χ2v) is 12.9. The molecule has 0 aliphatic carbocycles. The number of nitrogens with zero attached hydrogens (tertiary/aromatic N) is 2. The highest BCUT2D eigenvalue weighted by Crippen LogP contribution is 2.38. The van der Waals surface area contributed by atoms with Crippen LogP contribution < -0.4 is 16.5 Å². The third-order valence-corrected chi connectivity index (χ3v) is 7.11. The van der Waals surface area contributed by atoms with Crippen molar-refractivity contribution in [2.45, 2.75) is 59.8 Å². The van der Waals surface area contributed by atoms with Crippen molar-refractivity contribution in [1.29, 1.82) is 0 Å². The molecule has 1 aliphatic heterocycles. The van der Waals surface area contributed by atoms with Gasteiger partial charge in [0.2, 0.25) is 5.91 Å². The van der Waals surface area contributed by atoms with Crippen LogP contribution in [0, 0.1) is 5.41 Å². The molecule has 0 saturated carbocycles. The summed E-state index contributed by atoms with van der Waals surface area (Å²) in [5.41, 5.74) is 9.17. The third-order valence-electron chi connectivity index (χ3n) is 5.57. The largest absolute Gasteiger partial charge is 0.443 e. The van der Waals surface area contributed by atoms with E-state index in [4.69, 9.17) is 38.4 Å². The van der Waals surface area contributed by atoms with Gasteiger partial charge in [-0.15, -0.1) is 0 Å². The minimum atomic E-state index is -0.864. The van der Waals surface area contributed by atoms with Crippen molar-refractivity contribution in [3.8, 4) is 0 Å². The zero-order chi connectivity index (χ0) is 29.8. The van der Waals surface area contributed by atoms with Crippen LogP contribution in [0.3, 0.4) is 0 Å². The molecule has 1 aliphatic rings. The number of ether oxygens (including phenoxy) is 2. The molecule has 1 atom stereocenters. The van der Waals surface area contributed by atoms with Gasteiger partial charge in [-0.25, -0.2) is 25.0 Å². The van der Waals surface area contributed by atoms with Gasteiger partial charge in [-0.1, -0.05) is 67.9 Å². The number of anilines is 1. The number of nitrogens with two attached hydrogens (primary N) is 1. The number of hydrazine groups is 1. The first-order valence-electron chi connectivity index (χ1n) is 12.3. The Morgan fingerprint density at radius 1 is 1.12 bits per heavy atom. The number of carbonyl (C=O) groups excluding carboxylic acids is 3. The van der Waals surface area contributed by atoms with E-state index < -0.39 is 29.2 Å². The summed E-state index contributed by atoms with van der Waals surface area (Å²) in [4.78, 5) is 41.9. The first-order chi connectivity index (χ1) is 18.5. The lowest BCUT2D eigenvalue weighted by Gasteiger charge is -2.37. The third kappa shape index (κ3) is 8.42. The van der Waals surface area contributed by atoms with Gasteiger partial charge in [0.05, 0.1) is 32.7 Å². The summed E-state index contributed by atoms with van der Waals surface area (Å²) in [5.74, 6) is 0.153. The standard InChI is InChI=1S/C27H33Cl2N5O5S/c1-26(2,3)22(16-8-10-17(28)19(30)12-16)39-25(37)34(27(4,5)6)33-24(36)38-13-15-7-9-18(29)20(11-15)31-23-32-21(35)14-40-23/h7-12,22H,13-14,30H2,1-6H3,(H,33,36)(H,31,32,35). The molecule has 3 amide bonds. The second-order valence-electron chi connectivity index (χ2n) is 11.1. The molecular formula is C27H33Cl2N5O5S. The normalized spacial score (nSPS) is 15.4. The highest BCUT2D eigenvalue weighted by Gasteiger charge is 2.36. The quantitative estimate of drug-likeness (QED) is 0.257. The molecule has 1 heterocycles. The second kappa shape index (κ2) is 12.6. The number of carbonyl (C=O) groups is 3. The molecule has 2 aromatic rings. The highest BCUT2D eigenvalue weighted by atomic mass is 35.5. The van der Waals surface area contributed by atoms with Crippen LogP contribution in [-0.2, 0) is 20.9 Å². The summed E-state index contributed by atoms with van der Waals surface area (Å²) in [7, 11) is 0. The van der Waals surface area contributed by atoms with Crippen molar-refractivity contribution in [1.82, 2.24) is 15.8 Å². The predicted octanol–water partition coefficient (Wildman–Crippen LogP) is 6.59. The fourth-order valence-electron chi connectivity index (χ4n) is 3.61. The molecule has 3 rings (SSSR count). The van der Waals surface area contributed by atoms with Crippen LogP contribution in [0.25, 0.3) is 0 Å². The van der Waals surface area contributed by atoms with Crippen LogP contribution in [0.5, 0.6) is 0 Å². The number of rotatable bonds is 5. The average Bonchev–Trinajstić information content (AvgIpc) is 3.26. The van der Waals surface area contributed by atoms with E-state index >= 15 is 0 Å². The molecular weight excluding hydrogens is 577 g/mol. The average molecular weight is 611 g/mol. The van der Waals surface area contributed by atoms with Crippen LogP contribution >= 0.6 is 35.0 Å². The summed E-state index contributed by atoms with van der Waals surface area (Å²) in [6.07, 6.45) is -2.34. The predicted molar refractivity (Wildman–Crippen MR) is 159 cm³/mol. The number of benzene rings is 2. The Morgan fingerprint density at radius 2 is 1.80 bits per heavy atom. The Morgan fingerprint density at radius 3 is 2.38 bits per heavy atom. The number of hydrogen-bond acceptors (Lipinski definition) is 8. The van der Waals surface area contributed by atoms with Gasteiger partial charge in [-0.2, -0.15) is 0 Å². The lowest BCUT2D eigenvalue weighted by atomic mass is 9.84.